The van der Waals surface area contributed by atoms with E-state index < -0.39 is 0 Å². The van der Waals surface area contributed by atoms with Crippen molar-refractivity contribution in [1.82, 2.24) is 14.4 Å². The normalized spacial score (nSPS) is 13.7. The van der Waals surface area contributed by atoms with Gasteiger partial charge in [0.2, 0.25) is 0 Å². The molecule has 0 unspecified atom stereocenters. The molecule has 356 valence electrons. The van der Waals surface area contributed by atoms with E-state index in [0.717, 1.165) is 61.8 Å². The lowest BCUT2D eigenvalue weighted by Crippen LogP contribution is -2.37. The van der Waals surface area contributed by atoms with Crippen LogP contribution in [0.25, 0.3) is 11.0 Å². The van der Waals surface area contributed by atoms with Crippen molar-refractivity contribution < 1.29 is 13.9 Å². The van der Waals surface area contributed by atoms with Gasteiger partial charge in [-0.05, 0) is 88.7 Å². The van der Waals surface area contributed by atoms with Crippen molar-refractivity contribution in [2.45, 2.75) is 73.9 Å². The fraction of sp³-hybridized carbons (Fsp3) is 0.389. The van der Waals surface area contributed by atoms with Crippen LogP contribution in [0.4, 0.5) is 0 Å². The number of aryl methyl sites for hydroxylation is 3. The third-order valence-electron chi connectivity index (χ3n) is 7.94. The first-order chi connectivity index (χ1) is 29.9. The average molecular weight is 1280 g/mol. The van der Waals surface area contributed by atoms with E-state index in [4.69, 9.17) is 62.8 Å². The van der Waals surface area contributed by atoms with E-state index in [1.807, 2.05) is 117 Å². The number of rotatable bonds is 5. The third kappa shape index (κ3) is 24.1. The molecule has 0 aliphatic carbocycles. The van der Waals surface area contributed by atoms with E-state index in [1.54, 1.807) is 40.1 Å². The van der Waals surface area contributed by atoms with Crippen molar-refractivity contribution in [3.8, 4) is 11.5 Å². The first kappa shape index (κ1) is 64.3. The zero-order valence-corrected chi connectivity index (χ0v) is 53.4. The molecule has 28 heteroatoms. The van der Waals surface area contributed by atoms with E-state index >= 15 is 0 Å². The van der Waals surface area contributed by atoms with Gasteiger partial charge in [-0.2, -0.15) is 27.0 Å². The lowest BCUT2D eigenvalue weighted by molar-refractivity contribution is 0.0955. The molecule has 1 saturated heterocycles. The molecule has 0 amide bonds. The second kappa shape index (κ2) is 37.9. The number of ether oxygens (including phenoxy) is 2. The monoisotopic (exact) mass is 1270 g/mol. The summed E-state index contributed by atoms with van der Waals surface area (Å²) in [6, 6.07) is 18.5. The summed E-state index contributed by atoms with van der Waals surface area (Å²) in [5, 5.41) is 1.48. The molecule has 1 fully saturated rings. The molecule has 0 atom stereocenters. The van der Waals surface area contributed by atoms with Gasteiger partial charge in [-0.15, -0.1) is 0 Å². The Morgan fingerprint density at radius 2 is 1.16 bits per heavy atom. The number of hydrogen-bond acceptors (Lipinski definition) is 18. The van der Waals surface area contributed by atoms with Gasteiger partial charge in [-0.25, -0.2) is 0 Å². The summed E-state index contributed by atoms with van der Waals surface area (Å²) >= 11 is 30.3. The van der Waals surface area contributed by atoms with Crippen LogP contribution in [0.15, 0.2) is 59.0 Å². The number of thiocarbonyl (C=S) groups is 2. The van der Waals surface area contributed by atoms with Gasteiger partial charge in [0.05, 0.1) is 16.9 Å². The quantitative estimate of drug-likeness (QED) is 0.141. The smallest absolute Gasteiger partial charge is 0.275 e. The molecule has 4 aromatic rings. The Labute approximate surface area is 469 Å². The molecule has 3 aliphatic rings. The number of nitrogens with zero attached hydrogens (tertiary/aromatic N) is 3. The molecular formula is C36H47N3O3S22. The largest absolute Gasteiger partial charge is 0.478 e. The number of aromatic nitrogens is 1. The van der Waals surface area contributed by atoms with Gasteiger partial charge in [0.25, 0.3) is 10.0 Å². The van der Waals surface area contributed by atoms with Crippen LogP contribution in [0.2, 0.25) is 0 Å². The SMILES string of the molecule is CCC(=S)n1c(=S)oc2ccc(C)cc2c1=S.CCCN1COc2ccc(C)cc2C1.CCCN1Cc2cc(C)ccc2OC1=S.S.S.S1SSSSSSS1.S=S=S=S=S=S=S=S. The maximum atomic E-state index is 5.67. The topological polar surface area (TPSA) is 43.0 Å². The van der Waals surface area contributed by atoms with Crippen LogP contribution in [0.5, 0.6) is 11.5 Å². The minimum Gasteiger partial charge on any atom is -0.478 e. The zero-order chi connectivity index (χ0) is 45.3. The maximum absolute atomic E-state index is 5.67. The molecule has 0 bridgehead atoms. The zero-order valence-electron chi connectivity index (χ0n) is 35.1. The van der Waals surface area contributed by atoms with Crippen LogP contribution < -0.4 is 9.47 Å². The highest BCUT2D eigenvalue weighted by atomic mass is 34.1. The molecular weight excluding hydrogens is 1230 g/mol. The molecule has 3 aromatic carbocycles. The Morgan fingerprint density at radius 3 is 1.67 bits per heavy atom. The fourth-order valence-electron chi connectivity index (χ4n) is 5.43. The standard InChI is InChI=1S/C12H11NOS3.C12H15NOS.C12H17NO.2S8.2H2S/c1-3-10(15)13-11(16)8-6-7(2)4-5-9(8)14-12(13)17;1-3-6-13-8-10-7-9(2)4-5-11(10)14-12(13)15;1-3-6-13-8-11-7-10(2)4-5-12(11)14-9-13;1-2-4-6-8-7-5-3-1;1-3-5-7-8-6-4-2;;/h4-6H,3H2,1-2H3;4-5,7H,3,6,8H2,1-2H3;4-5,7H,3,6,8-9H2,1-2H3;;;2*1H2. The van der Waals surface area contributed by atoms with Gasteiger partial charge in [0.1, 0.15) is 28.5 Å². The summed E-state index contributed by atoms with van der Waals surface area (Å²) in [4.78, 5) is 5.45. The van der Waals surface area contributed by atoms with Gasteiger partial charge >= 0.3 is 0 Å². The predicted octanol–water partition coefficient (Wildman–Crippen LogP) is 15.4. The molecule has 0 N–H and O–H groups in total. The molecule has 7 rings (SSSR count). The maximum Gasteiger partial charge on any atom is 0.275 e. The van der Waals surface area contributed by atoms with Crippen molar-refractivity contribution in [2.75, 3.05) is 19.8 Å². The summed E-state index contributed by atoms with van der Waals surface area (Å²) in [5.74, 6) is 1.97. The Bertz CT molecular complexity index is 2450. The van der Waals surface area contributed by atoms with Crippen molar-refractivity contribution in [3.63, 3.8) is 0 Å². The Kier molecular flexibility index (Phi) is 38.1. The molecule has 1 aromatic heterocycles. The molecule has 0 spiro atoms. The minimum atomic E-state index is 0. The summed E-state index contributed by atoms with van der Waals surface area (Å²) in [6.07, 6.45) is 2.98. The summed E-state index contributed by atoms with van der Waals surface area (Å²) in [7, 11) is 23.8. The first-order valence-corrected chi connectivity index (χ1v) is 39.9. The van der Waals surface area contributed by atoms with Gasteiger partial charge in [0.15, 0.2) is 0 Å². The van der Waals surface area contributed by atoms with Crippen LogP contribution in [-0.2, 0) is 88.7 Å². The number of benzene rings is 3. The summed E-state index contributed by atoms with van der Waals surface area (Å²) < 4.78 is 19.1. The van der Waals surface area contributed by atoms with Crippen LogP contribution in [0, 0.1) is 30.2 Å². The molecule has 6 nitrogen and oxygen atoms in total. The molecule has 0 saturated carbocycles. The van der Waals surface area contributed by atoms with Gasteiger partial charge < -0.3 is 18.8 Å². The highest BCUT2D eigenvalue weighted by molar-refractivity contribution is 9.60. The summed E-state index contributed by atoms with van der Waals surface area (Å²) in [5.41, 5.74) is 6.97. The van der Waals surface area contributed by atoms with Crippen LogP contribution >= 0.6 is 154 Å². The molecule has 64 heavy (non-hydrogen) atoms. The summed E-state index contributed by atoms with van der Waals surface area (Å²) in [6.45, 7) is 17.3. The van der Waals surface area contributed by atoms with Gasteiger partial charge in [-0.1, -0.05) is 92.2 Å². The predicted molar refractivity (Wildman–Crippen MR) is 342 cm³/mol. The highest BCUT2D eigenvalue weighted by Crippen LogP contribution is 2.65. The molecule has 4 heterocycles. The van der Waals surface area contributed by atoms with E-state index in [-0.39, 0.29) is 27.0 Å². The van der Waals surface area contributed by atoms with Crippen LogP contribution in [-0.4, -0.2) is 44.4 Å². The van der Waals surface area contributed by atoms with Crippen LogP contribution in [0.3, 0.4) is 0 Å². The Hall–Kier alpha value is 2.24. The van der Waals surface area contributed by atoms with Gasteiger partial charge in [-0.3, -0.25) is 9.47 Å². The first-order valence-electron chi connectivity index (χ1n) is 18.2. The lowest BCUT2D eigenvalue weighted by atomic mass is 10.1. The molecule has 3 aliphatic heterocycles. The fourth-order valence-corrected chi connectivity index (χ4v) is 39.6. The van der Waals surface area contributed by atoms with E-state index in [0.29, 0.717) is 31.6 Å². The van der Waals surface area contributed by atoms with Crippen molar-refractivity contribution in [3.05, 3.63) is 91.9 Å². The number of fused-ring (bicyclic) bond motifs is 3. The van der Waals surface area contributed by atoms with E-state index in [1.165, 1.54) is 46.4 Å². The average Bonchev–Trinajstić information content (AvgIpc) is 3.24. The second-order valence-corrected chi connectivity index (χ2v) is 38.9. The number of hydrogen-bond donors (Lipinski definition) is 0. The Morgan fingerprint density at radius 1 is 0.656 bits per heavy atom. The lowest BCUT2D eigenvalue weighted by Gasteiger charge is -2.30. The van der Waals surface area contributed by atoms with Crippen molar-refractivity contribution in [1.29, 1.82) is 0 Å². The second-order valence-electron chi connectivity index (χ2n) is 12.5. The van der Waals surface area contributed by atoms with Crippen LogP contribution in [0.1, 0.15) is 67.9 Å². The van der Waals surface area contributed by atoms with E-state index in [2.05, 4.69) is 90.2 Å². The minimum absolute atomic E-state index is 0. The van der Waals surface area contributed by atoms with E-state index in [9.17, 15) is 0 Å². The molecule has 0 radical (unpaired) electrons. The third-order valence-corrected chi connectivity index (χ3v) is 38.3. The Balaban J connectivity index is 0.000000409. The van der Waals surface area contributed by atoms with Crippen molar-refractivity contribution in [2.24, 2.45) is 0 Å². The van der Waals surface area contributed by atoms with Gasteiger partial charge in [0, 0.05) is 185 Å². The van der Waals surface area contributed by atoms with Crippen molar-refractivity contribution >= 4 is 251 Å². The highest BCUT2D eigenvalue weighted by Gasteiger charge is 2.21.